The first-order valence-electron chi connectivity index (χ1n) is 7.00. The minimum atomic E-state index is -4.05. The Kier molecular flexibility index (Phi) is 5.50. The largest absolute Gasteiger partial charge is 0.508 e. The number of rotatable bonds is 6. The highest BCUT2D eigenvalue weighted by molar-refractivity contribution is 7.89. The quantitative estimate of drug-likeness (QED) is 0.525. The van der Waals surface area contributed by atoms with Gasteiger partial charge in [0.1, 0.15) is 11.8 Å². The number of aromatic hydroxyl groups is 1. The van der Waals surface area contributed by atoms with Gasteiger partial charge in [-0.25, -0.2) is 13.9 Å². The number of phenolic OH excluding ortho intramolecular Hbond substituents is 1. The van der Waals surface area contributed by atoms with Crippen LogP contribution in [0.15, 0.2) is 53.7 Å². The fraction of sp³-hybridized carbons (Fsp3) is 0.200. The lowest BCUT2D eigenvalue weighted by molar-refractivity contribution is -0.132. The van der Waals surface area contributed by atoms with Crippen LogP contribution in [0.25, 0.3) is 0 Å². The lowest BCUT2D eigenvalue weighted by Gasteiger charge is -2.27. The van der Waals surface area contributed by atoms with Crippen molar-refractivity contribution in [1.29, 1.82) is 0 Å². The van der Waals surface area contributed by atoms with Crippen molar-refractivity contribution in [1.82, 2.24) is 14.8 Å². The van der Waals surface area contributed by atoms with Crippen LogP contribution in [0.4, 0.5) is 0 Å². The number of carbonyl (C=O) groups is 1. The lowest BCUT2D eigenvalue weighted by atomic mass is 10.2. The van der Waals surface area contributed by atoms with Crippen molar-refractivity contribution in [3.05, 3.63) is 54.4 Å². The van der Waals surface area contributed by atoms with Gasteiger partial charge in [0.05, 0.1) is 4.90 Å². The Morgan fingerprint density at radius 3 is 2.50 bits per heavy atom. The smallest absolute Gasteiger partial charge is 0.261 e. The molecule has 128 valence electrons. The van der Waals surface area contributed by atoms with Crippen LogP contribution in [0.2, 0.25) is 0 Å². The number of nitrogens with one attached hydrogen (secondary N) is 1. The molecule has 0 bridgehead atoms. The number of hydrogen-bond donors (Lipinski definition) is 3. The van der Waals surface area contributed by atoms with Gasteiger partial charge in [0.2, 0.25) is 10.0 Å². The predicted molar refractivity (Wildman–Crippen MR) is 84.5 cm³/mol. The second-order valence-electron chi connectivity index (χ2n) is 5.06. The third kappa shape index (κ3) is 3.88. The summed E-state index contributed by atoms with van der Waals surface area (Å²) in [6, 6.07) is 7.13. The van der Waals surface area contributed by atoms with E-state index >= 15 is 0 Å². The third-order valence-corrected chi connectivity index (χ3v) is 5.36. The van der Waals surface area contributed by atoms with Crippen molar-refractivity contribution in [2.24, 2.45) is 0 Å². The van der Waals surface area contributed by atoms with E-state index in [9.17, 15) is 18.3 Å². The van der Waals surface area contributed by atoms with E-state index in [1.165, 1.54) is 42.9 Å². The summed E-state index contributed by atoms with van der Waals surface area (Å²) in [5.41, 5.74) is 2.04. The molecule has 2 aromatic rings. The van der Waals surface area contributed by atoms with E-state index in [0.717, 1.165) is 4.31 Å². The molecule has 2 rings (SSSR count). The number of pyridine rings is 1. The van der Waals surface area contributed by atoms with E-state index in [2.05, 4.69) is 4.98 Å². The maximum absolute atomic E-state index is 12.9. The average Bonchev–Trinajstić information content (AvgIpc) is 2.59. The molecule has 1 aromatic carbocycles. The highest BCUT2D eigenvalue weighted by Crippen LogP contribution is 2.22. The topological polar surface area (TPSA) is 120 Å². The zero-order valence-corrected chi connectivity index (χ0v) is 13.6. The van der Waals surface area contributed by atoms with E-state index in [4.69, 9.17) is 5.21 Å². The van der Waals surface area contributed by atoms with E-state index in [1.54, 1.807) is 18.3 Å². The highest BCUT2D eigenvalue weighted by Gasteiger charge is 2.33. The molecule has 1 atom stereocenters. The molecule has 0 aliphatic carbocycles. The minimum Gasteiger partial charge on any atom is -0.508 e. The molecule has 0 spiro atoms. The van der Waals surface area contributed by atoms with Gasteiger partial charge in [-0.15, -0.1) is 0 Å². The summed E-state index contributed by atoms with van der Waals surface area (Å²) >= 11 is 0. The molecule has 24 heavy (non-hydrogen) atoms. The van der Waals surface area contributed by atoms with Crippen molar-refractivity contribution in [3.63, 3.8) is 0 Å². The lowest BCUT2D eigenvalue weighted by Crippen LogP contribution is -2.46. The molecule has 0 fully saturated rings. The molecular weight excluding hydrogens is 334 g/mol. The maximum Gasteiger partial charge on any atom is 0.261 e. The summed E-state index contributed by atoms with van der Waals surface area (Å²) in [6.45, 7) is 1.26. The molecular formula is C15H17N3O5S. The summed E-state index contributed by atoms with van der Waals surface area (Å²) < 4.78 is 26.7. The van der Waals surface area contributed by atoms with E-state index < -0.39 is 22.0 Å². The van der Waals surface area contributed by atoms with Crippen molar-refractivity contribution in [3.8, 4) is 5.75 Å². The summed E-state index contributed by atoms with van der Waals surface area (Å²) in [7, 11) is -4.05. The SMILES string of the molecule is CC(C(=O)NO)N(Cc1cccnc1)S(=O)(=O)c1ccc(O)cc1. The Morgan fingerprint density at radius 1 is 1.29 bits per heavy atom. The molecule has 0 saturated carbocycles. The van der Waals surface area contributed by atoms with Gasteiger partial charge in [0, 0.05) is 18.9 Å². The van der Waals surface area contributed by atoms with Gasteiger partial charge < -0.3 is 5.11 Å². The Balaban J connectivity index is 2.44. The van der Waals surface area contributed by atoms with Gasteiger partial charge in [0.15, 0.2) is 0 Å². The van der Waals surface area contributed by atoms with Gasteiger partial charge in [-0.1, -0.05) is 6.07 Å². The first kappa shape index (κ1) is 17.9. The van der Waals surface area contributed by atoms with Crippen molar-refractivity contribution >= 4 is 15.9 Å². The van der Waals surface area contributed by atoms with Gasteiger partial charge in [-0.2, -0.15) is 4.31 Å². The van der Waals surface area contributed by atoms with E-state index in [-0.39, 0.29) is 17.2 Å². The molecule has 0 saturated heterocycles. The second kappa shape index (κ2) is 7.39. The van der Waals surface area contributed by atoms with Crippen LogP contribution in [0, 0.1) is 0 Å². The summed E-state index contributed by atoms with van der Waals surface area (Å²) in [5.74, 6) is -0.935. The van der Waals surface area contributed by atoms with Crippen LogP contribution in [0.3, 0.4) is 0 Å². The molecule has 1 heterocycles. The van der Waals surface area contributed by atoms with E-state index in [1.807, 2.05) is 0 Å². The number of sulfonamides is 1. The minimum absolute atomic E-state index is 0.0751. The number of hydrogen-bond acceptors (Lipinski definition) is 6. The maximum atomic E-state index is 12.9. The molecule has 1 amide bonds. The number of phenols is 1. The number of benzene rings is 1. The first-order valence-corrected chi connectivity index (χ1v) is 8.44. The summed E-state index contributed by atoms with van der Waals surface area (Å²) in [4.78, 5) is 15.6. The molecule has 8 nitrogen and oxygen atoms in total. The first-order chi connectivity index (χ1) is 11.4. The van der Waals surface area contributed by atoms with Crippen molar-refractivity contribution in [2.75, 3.05) is 0 Å². The van der Waals surface area contributed by atoms with Gasteiger partial charge in [0.25, 0.3) is 5.91 Å². The van der Waals surface area contributed by atoms with Crippen LogP contribution >= 0.6 is 0 Å². The standard InChI is InChI=1S/C15H17N3O5S/c1-11(15(20)17-21)18(10-12-3-2-8-16-9-12)24(22,23)14-6-4-13(19)5-7-14/h2-9,11,19,21H,10H2,1H3,(H,17,20). The molecule has 0 aliphatic heterocycles. The molecule has 0 radical (unpaired) electrons. The fourth-order valence-corrected chi connectivity index (χ4v) is 3.66. The van der Waals surface area contributed by atoms with Crippen LogP contribution in [-0.2, 0) is 21.4 Å². The number of hydroxylamine groups is 1. The third-order valence-electron chi connectivity index (χ3n) is 3.43. The van der Waals surface area contributed by atoms with Crippen LogP contribution in [0.1, 0.15) is 12.5 Å². The Bertz CT molecular complexity index is 794. The Labute approximate surface area is 139 Å². The Morgan fingerprint density at radius 2 is 1.96 bits per heavy atom. The van der Waals surface area contributed by atoms with Crippen LogP contribution < -0.4 is 5.48 Å². The monoisotopic (exact) mass is 351 g/mol. The molecule has 1 unspecified atom stereocenters. The van der Waals surface area contributed by atoms with Gasteiger partial charge in [-0.05, 0) is 42.8 Å². The summed E-state index contributed by atoms with van der Waals surface area (Å²) in [6.07, 6.45) is 3.04. The molecule has 3 N–H and O–H groups in total. The fourth-order valence-electron chi connectivity index (χ4n) is 2.08. The number of amides is 1. The van der Waals surface area contributed by atoms with Crippen molar-refractivity contribution in [2.45, 2.75) is 24.4 Å². The average molecular weight is 351 g/mol. The number of aromatic nitrogens is 1. The van der Waals surface area contributed by atoms with E-state index in [0.29, 0.717) is 5.56 Å². The van der Waals surface area contributed by atoms with Gasteiger partial charge >= 0.3 is 0 Å². The van der Waals surface area contributed by atoms with Crippen LogP contribution in [-0.4, -0.2) is 40.0 Å². The molecule has 1 aromatic heterocycles. The second-order valence-corrected chi connectivity index (χ2v) is 6.95. The van der Waals surface area contributed by atoms with Crippen molar-refractivity contribution < 1.29 is 23.5 Å². The number of nitrogens with zero attached hydrogens (tertiary/aromatic N) is 2. The zero-order valence-electron chi connectivity index (χ0n) is 12.8. The highest BCUT2D eigenvalue weighted by atomic mass is 32.2. The zero-order chi connectivity index (χ0) is 17.7. The molecule has 0 aliphatic rings. The molecule has 9 heteroatoms. The van der Waals surface area contributed by atoms with Crippen LogP contribution in [0.5, 0.6) is 5.75 Å². The summed E-state index contributed by atoms with van der Waals surface area (Å²) in [5, 5.41) is 18.1. The Hall–Kier alpha value is -2.49. The number of carbonyl (C=O) groups excluding carboxylic acids is 1. The predicted octanol–water partition coefficient (Wildman–Crippen LogP) is 0.872. The normalized spacial score (nSPS) is 12.8. The van der Waals surface area contributed by atoms with Gasteiger partial charge in [-0.3, -0.25) is 15.0 Å².